The lowest BCUT2D eigenvalue weighted by Gasteiger charge is -2.35. The Balaban J connectivity index is 1.79. The van der Waals surface area contributed by atoms with Gasteiger partial charge in [-0.2, -0.15) is 0 Å². The van der Waals surface area contributed by atoms with E-state index in [0.717, 1.165) is 38.5 Å². The molecule has 3 fully saturated rings. The number of nitrogens with one attached hydrogen (secondary N) is 1. The highest BCUT2D eigenvalue weighted by atomic mass is 16.5. The second kappa shape index (κ2) is 5.59. The van der Waals surface area contributed by atoms with Crippen molar-refractivity contribution in [1.82, 2.24) is 10.2 Å². The van der Waals surface area contributed by atoms with Crippen LogP contribution in [-0.2, 0) is 14.3 Å². The number of nitrogens with zero attached hydrogens (tertiary/aromatic N) is 1. The summed E-state index contributed by atoms with van der Waals surface area (Å²) in [5, 5.41) is 3.03. The summed E-state index contributed by atoms with van der Waals surface area (Å²) in [5.74, 6) is 0.127. The summed E-state index contributed by atoms with van der Waals surface area (Å²) in [7, 11) is 0. The van der Waals surface area contributed by atoms with Crippen LogP contribution in [0.25, 0.3) is 0 Å². The van der Waals surface area contributed by atoms with E-state index in [2.05, 4.69) is 12.2 Å². The molecular formula is C16H26N2O3. The van der Waals surface area contributed by atoms with Crippen LogP contribution >= 0.6 is 0 Å². The summed E-state index contributed by atoms with van der Waals surface area (Å²) < 4.78 is 5.88. The van der Waals surface area contributed by atoms with E-state index < -0.39 is 5.54 Å². The van der Waals surface area contributed by atoms with Gasteiger partial charge in [-0.3, -0.25) is 9.59 Å². The van der Waals surface area contributed by atoms with Crippen LogP contribution in [0.4, 0.5) is 0 Å². The van der Waals surface area contributed by atoms with Gasteiger partial charge in [-0.1, -0.05) is 12.8 Å². The summed E-state index contributed by atoms with van der Waals surface area (Å²) >= 11 is 0. The van der Waals surface area contributed by atoms with E-state index in [9.17, 15) is 9.59 Å². The van der Waals surface area contributed by atoms with Gasteiger partial charge < -0.3 is 15.0 Å². The van der Waals surface area contributed by atoms with Crippen molar-refractivity contribution in [2.24, 2.45) is 0 Å². The first-order valence-corrected chi connectivity index (χ1v) is 8.28. The molecule has 0 radical (unpaired) electrons. The van der Waals surface area contributed by atoms with Crippen molar-refractivity contribution in [1.29, 1.82) is 0 Å². The molecule has 5 heteroatoms. The highest BCUT2D eigenvalue weighted by molar-refractivity contribution is 5.94. The molecule has 2 aliphatic heterocycles. The fraction of sp³-hybridized carbons (Fsp3) is 0.875. The maximum atomic E-state index is 13.1. The molecule has 0 aromatic heterocycles. The lowest BCUT2D eigenvalue weighted by molar-refractivity contribution is -0.141. The fourth-order valence-electron chi connectivity index (χ4n) is 4.04. The first kappa shape index (κ1) is 14.8. The number of amides is 2. The van der Waals surface area contributed by atoms with E-state index in [-0.39, 0.29) is 30.1 Å². The van der Waals surface area contributed by atoms with Gasteiger partial charge >= 0.3 is 0 Å². The van der Waals surface area contributed by atoms with Crippen molar-refractivity contribution in [3.63, 3.8) is 0 Å². The van der Waals surface area contributed by atoms with Crippen molar-refractivity contribution >= 4 is 11.8 Å². The molecule has 1 N–H and O–H groups in total. The van der Waals surface area contributed by atoms with Crippen LogP contribution in [0.1, 0.15) is 58.8 Å². The molecule has 0 aromatic carbocycles. The zero-order chi connectivity index (χ0) is 15.0. The van der Waals surface area contributed by atoms with Crippen molar-refractivity contribution in [2.45, 2.75) is 82.6 Å². The molecule has 1 saturated carbocycles. The van der Waals surface area contributed by atoms with Gasteiger partial charge in [0.15, 0.2) is 0 Å². The average Bonchev–Trinajstić information content (AvgIpc) is 3.03. The second-order valence-electron chi connectivity index (χ2n) is 6.99. The monoisotopic (exact) mass is 294 g/mol. The normalized spacial score (nSPS) is 36.1. The smallest absolute Gasteiger partial charge is 0.248 e. The van der Waals surface area contributed by atoms with Gasteiger partial charge in [0.2, 0.25) is 11.8 Å². The molecule has 3 atom stereocenters. The van der Waals surface area contributed by atoms with Gasteiger partial charge in [-0.15, -0.1) is 0 Å². The largest absolute Gasteiger partial charge is 0.373 e. The number of carbonyl (C=O) groups is 2. The Morgan fingerprint density at radius 2 is 1.95 bits per heavy atom. The van der Waals surface area contributed by atoms with Crippen molar-refractivity contribution in [3.05, 3.63) is 0 Å². The van der Waals surface area contributed by atoms with E-state index in [1.54, 1.807) is 0 Å². The summed E-state index contributed by atoms with van der Waals surface area (Å²) in [6, 6.07) is -0.0445. The molecule has 3 unspecified atom stereocenters. The number of hydrogen-bond donors (Lipinski definition) is 1. The Kier molecular flexibility index (Phi) is 3.95. The predicted molar refractivity (Wildman–Crippen MR) is 78.7 cm³/mol. The third-order valence-electron chi connectivity index (χ3n) is 5.24. The van der Waals surface area contributed by atoms with E-state index in [0.29, 0.717) is 13.0 Å². The molecule has 0 aromatic rings. The zero-order valence-corrected chi connectivity index (χ0v) is 13.1. The minimum absolute atomic E-state index is 0.0148. The van der Waals surface area contributed by atoms with Gasteiger partial charge in [-0.05, 0) is 39.5 Å². The Morgan fingerprint density at radius 1 is 1.24 bits per heavy atom. The Morgan fingerprint density at radius 3 is 2.57 bits per heavy atom. The van der Waals surface area contributed by atoms with Gasteiger partial charge in [0, 0.05) is 19.0 Å². The van der Waals surface area contributed by atoms with Crippen LogP contribution in [0, 0.1) is 0 Å². The van der Waals surface area contributed by atoms with Crippen molar-refractivity contribution in [2.75, 3.05) is 6.54 Å². The Hall–Kier alpha value is -1.10. The minimum Gasteiger partial charge on any atom is -0.373 e. The van der Waals surface area contributed by atoms with E-state index in [1.807, 2.05) is 11.8 Å². The van der Waals surface area contributed by atoms with Crippen LogP contribution in [0.5, 0.6) is 0 Å². The topological polar surface area (TPSA) is 58.6 Å². The second-order valence-corrected chi connectivity index (χ2v) is 6.99. The summed E-state index contributed by atoms with van der Waals surface area (Å²) in [6.45, 7) is 4.68. The molecule has 1 spiro atoms. The maximum absolute atomic E-state index is 13.1. The standard InChI is InChI=1S/C16H26N2O3/c1-11-9-14(19)17-16(7-3-4-8-16)15(20)18(11)10-13-6-5-12(2)21-13/h11-13H,3-10H2,1-2H3,(H,17,19). The van der Waals surface area contributed by atoms with E-state index >= 15 is 0 Å². The highest BCUT2D eigenvalue weighted by Gasteiger charge is 2.48. The minimum atomic E-state index is -0.633. The summed E-state index contributed by atoms with van der Waals surface area (Å²) in [5.41, 5.74) is -0.633. The molecular weight excluding hydrogens is 268 g/mol. The van der Waals surface area contributed by atoms with E-state index in [1.165, 1.54) is 0 Å². The molecule has 2 heterocycles. The molecule has 3 rings (SSSR count). The van der Waals surface area contributed by atoms with Gasteiger partial charge in [0.05, 0.1) is 12.2 Å². The van der Waals surface area contributed by atoms with Gasteiger partial charge in [0.1, 0.15) is 5.54 Å². The fourth-order valence-corrected chi connectivity index (χ4v) is 4.04. The quantitative estimate of drug-likeness (QED) is 0.841. The first-order valence-electron chi connectivity index (χ1n) is 8.28. The average molecular weight is 294 g/mol. The first-order chi connectivity index (χ1) is 10.00. The molecule has 5 nitrogen and oxygen atoms in total. The molecule has 118 valence electrons. The molecule has 3 aliphatic rings. The molecule has 0 bridgehead atoms. The Labute approximate surface area is 126 Å². The lowest BCUT2D eigenvalue weighted by Crippen LogP contribution is -2.57. The molecule has 2 saturated heterocycles. The predicted octanol–water partition coefficient (Wildman–Crippen LogP) is 1.60. The van der Waals surface area contributed by atoms with Gasteiger partial charge in [-0.25, -0.2) is 0 Å². The number of hydrogen-bond acceptors (Lipinski definition) is 3. The van der Waals surface area contributed by atoms with E-state index in [4.69, 9.17) is 4.74 Å². The molecule has 21 heavy (non-hydrogen) atoms. The van der Waals surface area contributed by atoms with Crippen molar-refractivity contribution < 1.29 is 14.3 Å². The third-order valence-corrected chi connectivity index (χ3v) is 5.24. The summed E-state index contributed by atoms with van der Waals surface area (Å²) in [6.07, 6.45) is 6.47. The summed E-state index contributed by atoms with van der Waals surface area (Å²) in [4.78, 5) is 27.1. The van der Waals surface area contributed by atoms with Crippen LogP contribution < -0.4 is 5.32 Å². The zero-order valence-electron chi connectivity index (χ0n) is 13.1. The Bertz CT molecular complexity index is 431. The van der Waals surface area contributed by atoms with Crippen LogP contribution in [-0.4, -0.2) is 47.0 Å². The molecule has 1 aliphatic carbocycles. The van der Waals surface area contributed by atoms with Crippen LogP contribution in [0.3, 0.4) is 0 Å². The van der Waals surface area contributed by atoms with Crippen LogP contribution in [0.15, 0.2) is 0 Å². The number of carbonyl (C=O) groups excluding carboxylic acids is 2. The van der Waals surface area contributed by atoms with Gasteiger partial charge in [0.25, 0.3) is 0 Å². The maximum Gasteiger partial charge on any atom is 0.248 e. The SMILES string of the molecule is CC1CCC(CN2C(=O)C3(CCCC3)NC(=O)CC2C)O1. The van der Waals surface area contributed by atoms with Crippen molar-refractivity contribution in [3.8, 4) is 0 Å². The molecule has 2 amide bonds. The number of ether oxygens (including phenoxy) is 1. The lowest BCUT2D eigenvalue weighted by atomic mass is 9.95. The third kappa shape index (κ3) is 2.80. The highest BCUT2D eigenvalue weighted by Crippen LogP contribution is 2.34. The number of rotatable bonds is 2. The van der Waals surface area contributed by atoms with Crippen LogP contribution in [0.2, 0.25) is 0 Å².